The summed E-state index contributed by atoms with van der Waals surface area (Å²) in [6.07, 6.45) is 3.03. The molecule has 0 spiro atoms. The number of nitrogens with zero attached hydrogens (tertiary/aromatic N) is 2. The van der Waals surface area contributed by atoms with Crippen molar-refractivity contribution in [3.05, 3.63) is 58.3 Å². The molecule has 0 atom stereocenters. The number of benzene rings is 1. The average Bonchev–Trinajstić information content (AvgIpc) is 2.92. The molecule has 0 bridgehead atoms. The molecule has 1 aromatic carbocycles. The Bertz CT molecular complexity index is 677. The Hall–Kier alpha value is -2.43. The van der Waals surface area contributed by atoms with Crippen LogP contribution in [0.4, 0.5) is 0 Å². The maximum Gasteiger partial charge on any atom is 0.343 e. The summed E-state index contributed by atoms with van der Waals surface area (Å²) in [5, 5.41) is 0. The number of rotatable bonds is 2. The van der Waals surface area contributed by atoms with Crippen molar-refractivity contribution >= 4 is 5.97 Å². The van der Waals surface area contributed by atoms with E-state index in [9.17, 15) is 9.59 Å². The van der Waals surface area contributed by atoms with Crippen LogP contribution in [0.5, 0.6) is 5.75 Å². The van der Waals surface area contributed by atoms with Crippen LogP contribution < -0.4 is 10.3 Å². The Balaban J connectivity index is 1.89. The molecule has 5 heteroatoms. The molecule has 96 valence electrons. The number of hydrogen-bond acceptors (Lipinski definition) is 4. The predicted molar refractivity (Wildman–Crippen MR) is 68.2 cm³/mol. The zero-order valence-corrected chi connectivity index (χ0v) is 10.2. The zero-order valence-electron chi connectivity index (χ0n) is 10.2. The van der Waals surface area contributed by atoms with E-state index >= 15 is 0 Å². The molecule has 0 fully saturated rings. The lowest BCUT2D eigenvalue weighted by Crippen LogP contribution is -2.24. The molecule has 0 N–H and O–H groups in total. The third-order valence-electron chi connectivity index (χ3n) is 3.09. The minimum Gasteiger partial charge on any atom is -0.415 e. The van der Waals surface area contributed by atoms with Crippen molar-refractivity contribution < 1.29 is 9.53 Å². The second-order valence-electron chi connectivity index (χ2n) is 4.35. The van der Waals surface area contributed by atoms with Gasteiger partial charge in [0, 0.05) is 13.0 Å². The molecule has 0 unspecified atom stereocenters. The minimum atomic E-state index is -0.543. The first-order valence-corrected chi connectivity index (χ1v) is 6.11. The number of carbonyl (C=O) groups excluding carboxylic acids is 1. The van der Waals surface area contributed by atoms with E-state index in [-0.39, 0.29) is 11.3 Å². The van der Waals surface area contributed by atoms with E-state index in [2.05, 4.69) is 4.98 Å². The van der Waals surface area contributed by atoms with Gasteiger partial charge in [0.25, 0.3) is 5.56 Å². The van der Waals surface area contributed by atoms with Crippen molar-refractivity contribution in [2.45, 2.75) is 19.4 Å². The molecule has 1 aromatic heterocycles. The fourth-order valence-corrected chi connectivity index (χ4v) is 2.14. The summed E-state index contributed by atoms with van der Waals surface area (Å²) >= 11 is 0. The van der Waals surface area contributed by atoms with Gasteiger partial charge in [-0.1, -0.05) is 18.2 Å². The Morgan fingerprint density at radius 2 is 2.05 bits per heavy atom. The molecule has 0 aliphatic carbocycles. The largest absolute Gasteiger partial charge is 0.415 e. The van der Waals surface area contributed by atoms with Crippen LogP contribution in [0.15, 0.2) is 41.3 Å². The van der Waals surface area contributed by atoms with Gasteiger partial charge in [0.1, 0.15) is 5.82 Å². The molecule has 3 rings (SSSR count). The molecule has 0 saturated carbocycles. The number of esters is 1. The summed E-state index contributed by atoms with van der Waals surface area (Å²) in [4.78, 5) is 28.1. The first-order chi connectivity index (χ1) is 9.25. The van der Waals surface area contributed by atoms with Crippen molar-refractivity contribution in [1.29, 1.82) is 0 Å². The van der Waals surface area contributed by atoms with Gasteiger partial charge in [-0.25, -0.2) is 9.78 Å². The summed E-state index contributed by atoms with van der Waals surface area (Å²) in [6, 6.07) is 8.57. The first kappa shape index (κ1) is 11.6. The smallest absolute Gasteiger partial charge is 0.343 e. The van der Waals surface area contributed by atoms with Crippen molar-refractivity contribution in [1.82, 2.24) is 9.55 Å². The van der Waals surface area contributed by atoms with E-state index < -0.39 is 5.97 Å². The maximum absolute atomic E-state index is 12.1. The van der Waals surface area contributed by atoms with Crippen LogP contribution >= 0.6 is 0 Å². The highest BCUT2D eigenvalue weighted by molar-refractivity contribution is 5.90. The van der Waals surface area contributed by atoms with Crippen LogP contribution in [0.3, 0.4) is 0 Å². The minimum absolute atomic E-state index is 0.0143. The summed E-state index contributed by atoms with van der Waals surface area (Å²) in [5.74, 6) is 0.196. The maximum atomic E-state index is 12.1. The quantitative estimate of drug-likeness (QED) is 0.762. The highest BCUT2D eigenvalue weighted by Crippen LogP contribution is 2.13. The molecule has 19 heavy (non-hydrogen) atoms. The van der Waals surface area contributed by atoms with E-state index in [1.807, 2.05) is 6.07 Å². The normalized spacial score (nSPS) is 13.1. The monoisotopic (exact) mass is 256 g/mol. The van der Waals surface area contributed by atoms with Crippen LogP contribution in [0.2, 0.25) is 0 Å². The Morgan fingerprint density at radius 1 is 1.26 bits per heavy atom. The van der Waals surface area contributed by atoms with E-state index in [1.54, 1.807) is 28.8 Å². The van der Waals surface area contributed by atoms with E-state index in [4.69, 9.17) is 4.74 Å². The summed E-state index contributed by atoms with van der Waals surface area (Å²) < 4.78 is 6.68. The number of carbonyl (C=O) groups is 1. The lowest BCUT2D eigenvalue weighted by Gasteiger charge is -2.06. The van der Waals surface area contributed by atoms with Gasteiger partial charge in [0.15, 0.2) is 0 Å². The molecule has 5 nitrogen and oxygen atoms in total. The topological polar surface area (TPSA) is 61.2 Å². The van der Waals surface area contributed by atoms with Gasteiger partial charge in [0.05, 0.1) is 11.8 Å². The second-order valence-corrected chi connectivity index (χ2v) is 4.35. The van der Waals surface area contributed by atoms with Gasteiger partial charge in [-0.15, -0.1) is 0 Å². The molecule has 1 aliphatic heterocycles. The number of aryl methyl sites for hydroxylation is 1. The SMILES string of the molecule is O=C(Oc1cnc2n(c1=O)CCC2)c1ccccc1. The number of ether oxygens (including phenoxy) is 1. The van der Waals surface area contributed by atoms with Gasteiger partial charge in [0.2, 0.25) is 5.75 Å². The molecule has 0 amide bonds. The Labute approximate surface area is 109 Å². The third-order valence-corrected chi connectivity index (χ3v) is 3.09. The molecule has 0 saturated heterocycles. The van der Waals surface area contributed by atoms with Crippen LogP contribution in [-0.2, 0) is 13.0 Å². The fraction of sp³-hybridized carbons (Fsp3) is 0.214. The van der Waals surface area contributed by atoms with Crippen LogP contribution in [0.25, 0.3) is 0 Å². The van der Waals surface area contributed by atoms with Crippen molar-refractivity contribution in [3.63, 3.8) is 0 Å². The van der Waals surface area contributed by atoms with Gasteiger partial charge in [-0.2, -0.15) is 0 Å². The molecule has 2 aromatic rings. The number of fused-ring (bicyclic) bond motifs is 1. The second kappa shape index (κ2) is 4.68. The van der Waals surface area contributed by atoms with Gasteiger partial charge >= 0.3 is 5.97 Å². The van der Waals surface area contributed by atoms with Crippen LogP contribution in [-0.4, -0.2) is 15.5 Å². The van der Waals surface area contributed by atoms with Gasteiger partial charge < -0.3 is 4.74 Å². The average molecular weight is 256 g/mol. The highest BCUT2D eigenvalue weighted by atomic mass is 16.5. The summed E-state index contributed by atoms with van der Waals surface area (Å²) in [5.41, 5.74) is 0.124. The Morgan fingerprint density at radius 3 is 2.84 bits per heavy atom. The molecule has 1 aliphatic rings. The van der Waals surface area contributed by atoms with Crippen molar-refractivity contribution in [2.24, 2.45) is 0 Å². The van der Waals surface area contributed by atoms with Crippen LogP contribution in [0, 0.1) is 0 Å². The van der Waals surface area contributed by atoms with E-state index in [1.165, 1.54) is 6.20 Å². The van der Waals surface area contributed by atoms with Crippen molar-refractivity contribution in [2.75, 3.05) is 0 Å². The predicted octanol–water partition coefficient (Wildman–Crippen LogP) is 1.41. The van der Waals surface area contributed by atoms with Gasteiger partial charge in [-0.05, 0) is 18.6 Å². The molecular formula is C14H12N2O3. The number of aromatic nitrogens is 2. The van der Waals surface area contributed by atoms with Crippen LogP contribution in [0.1, 0.15) is 22.6 Å². The summed E-state index contributed by atoms with van der Waals surface area (Å²) in [6.45, 7) is 0.637. The van der Waals surface area contributed by atoms with Gasteiger partial charge in [-0.3, -0.25) is 9.36 Å². The first-order valence-electron chi connectivity index (χ1n) is 6.11. The highest BCUT2D eigenvalue weighted by Gasteiger charge is 2.18. The molecule has 0 radical (unpaired) electrons. The van der Waals surface area contributed by atoms with E-state index in [0.717, 1.165) is 18.7 Å². The standard InChI is InChI=1S/C14H12N2O3/c17-13-11(9-15-12-7-4-8-16(12)13)19-14(18)10-5-2-1-3-6-10/h1-3,5-6,9H,4,7-8H2. The lowest BCUT2D eigenvalue weighted by atomic mass is 10.2. The zero-order chi connectivity index (χ0) is 13.2. The summed E-state index contributed by atoms with van der Waals surface area (Å²) in [7, 11) is 0. The Kier molecular flexibility index (Phi) is 2.87. The lowest BCUT2D eigenvalue weighted by molar-refractivity contribution is 0.0730. The fourth-order valence-electron chi connectivity index (χ4n) is 2.14. The number of hydrogen-bond donors (Lipinski definition) is 0. The third kappa shape index (κ3) is 2.14. The van der Waals surface area contributed by atoms with Crippen molar-refractivity contribution in [3.8, 4) is 5.75 Å². The molecular weight excluding hydrogens is 244 g/mol. The molecule has 2 heterocycles. The van der Waals surface area contributed by atoms with E-state index in [0.29, 0.717) is 12.1 Å².